The molecule has 0 amide bonds. The third kappa shape index (κ3) is 3.32. The molecule has 2 aromatic heterocycles. The summed E-state index contributed by atoms with van der Waals surface area (Å²) in [5, 5.41) is 11.0. The van der Waals surface area contributed by atoms with Crippen LogP contribution in [0.15, 0.2) is 59.1 Å². The minimum Gasteiger partial charge on any atom is -0.476 e. The first kappa shape index (κ1) is 18.1. The molecule has 0 aliphatic carbocycles. The fourth-order valence-corrected chi connectivity index (χ4v) is 3.69. The zero-order chi connectivity index (χ0) is 19.3. The number of hydrogen-bond donors (Lipinski definition) is 0. The maximum atomic E-state index is 8.84. The van der Waals surface area contributed by atoms with Crippen LogP contribution in [0.5, 0.6) is 5.75 Å². The fraction of sp³-hybridized carbons (Fsp3) is 0.250. The predicted octanol–water partition coefficient (Wildman–Crippen LogP) is 6.28. The summed E-state index contributed by atoms with van der Waals surface area (Å²) in [6.45, 7) is 2.21. The van der Waals surface area contributed by atoms with Gasteiger partial charge in [-0.15, -0.1) is 0 Å². The van der Waals surface area contributed by atoms with E-state index < -0.39 is 0 Å². The van der Waals surface area contributed by atoms with E-state index in [-0.39, 0.29) is 6.61 Å². The van der Waals surface area contributed by atoms with Crippen LogP contribution in [0.1, 0.15) is 31.7 Å². The van der Waals surface area contributed by atoms with Crippen molar-refractivity contribution >= 4 is 21.9 Å². The monoisotopic (exact) mass is 370 g/mol. The molecule has 4 rings (SSSR count). The SMILES string of the molecule is CCCCCc1c(-c2ccc(OCC#N)c3ncccc23)oc2ccccc12. The van der Waals surface area contributed by atoms with Gasteiger partial charge in [-0.1, -0.05) is 44.0 Å². The average Bonchev–Trinajstić information content (AvgIpc) is 3.10. The van der Waals surface area contributed by atoms with Crippen LogP contribution in [-0.2, 0) is 6.42 Å². The lowest BCUT2D eigenvalue weighted by molar-refractivity contribution is 0.372. The van der Waals surface area contributed by atoms with Gasteiger partial charge in [0.25, 0.3) is 0 Å². The second kappa shape index (κ2) is 8.14. The Morgan fingerprint density at radius 3 is 2.75 bits per heavy atom. The highest BCUT2D eigenvalue weighted by molar-refractivity contribution is 6.00. The van der Waals surface area contributed by atoms with Crippen molar-refractivity contribution < 1.29 is 9.15 Å². The zero-order valence-corrected chi connectivity index (χ0v) is 15.9. The van der Waals surface area contributed by atoms with Gasteiger partial charge >= 0.3 is 0 Å². The second-order valence-electron chi connectivity index (χ2n) is 6.82. The number of fused-ring (bicyclic) bond motifs is 2. The normalized spacial score (nSPS) is 11.0. The van der Waals surface area contributed by atoms with Crippen molar-refractivity contribution in [3.05, 3.63) is 60.3 Å². The van der Waals surface area contributed by atoms with Crippen LogP contribution >= 0.6 is 0 Å². The largest absolute Gasteiger partial charge is 0.476 e. The minimum atomic E-state index is -0.00206. The molecule has 2 aromatic carbocycles. The van der Waals surface area contributed by atoms with Gasteiger partial charge in [0, 0.05) is 28.1 Å². The second-order valence-corrected chi connectivity index (χ2v) is 6.82. The van der Waals surface area contributed by atoms with E-state index in [2.05, 4.69) is 24.0 Å². The summed E-state index contributed by atoms with van der Waals surface area (Å²) in [7, 11) is 0. The molecule has 0 unspecified atom stereocenters. The lowest BCUT2D eigenvalue weighted by Gasteiger charge is -2.10. The van der Waals surface area contributed by atoms with Crippen molar-refractivity contribution in [2.75, 3.05) is 6.61 Å². The van der Waals surface area contributed by atoms with Gasteiger partial charge in [-0.25, -0.2) is 0 Å². The number of nitriles is 1. The van der Waals surface area contributed by atoms with Crippen LogP contribution < -0.4 is 4.74 Å². The van der Waals surface area contributed by atoms with Gasteiger partial charge in [0.05, 0.1) is 0 Å². The van der Waals surface area contributed by atoms with Gasteiger partial charge in [-0.05, 0) is 37.1 Å². The van der Waals surface area contributed by atoms with Crippen molar-refractivity contribution in [1.82, 2.24) is 4.98 Å². The van der Waals surface area contributed by atoms with Crippen LogP contribution in [0.25, 0.3) is 33.2 Å². The highest BCUT2D eigenvalue weighted by Crippen LogP contribution is 2.39. The van der Waals surface area contributed by atoms with E-state index in [9.17, 15) is 0 Å². The Labute approximate surface area is 164 Å². The van der Waals surface area contributed by atoms with Crippen molar-refractivity contribution in [3.8, 4) is 23.1 Å². The summed E-state index contributed by atoms with van der Waals surface area (Å²) in [4.78, 5) is 4.50. The lowest BCUT2D eigenvalue weighted by Crippen LogP contribution is -1.96. The lowest BCUT2D eigenvalue weighted by atomic mass is 9.97. The first-order valence-electron chi connectivity index (χ1n) is 9.71. The van der Waals surface area contributed by atoms with E-state index in [0.29, 0.717) is 5.75 Å². The summed E-state index contributed by atoms with van der Waals surface area (Å²) < 4.78 is 11.9. The molecule has 140 valence electrons. The van der Waals surface area contributed by atoms with Crippen molar-refractivity contribution in [2.24, 2.45) is 0 Å². The number of hydrogen-bond acceptors (Lipinski definition) is 4. The Bertz CT molecular complexity index is 1150. The number of aromatic nitrogens is 1. The molecule has 4 nitrogen and oxygen atoms in total. The van der Waals surface area contributed by atoms with Crippen LogP contribution in [0.2, 0.25) is 0 Å². The summed E-state index contributed by atoms with van der Waals surface area (Å²) in [6, 6.07) is 18.1. The van der Waals surface area contributed by atoms with E-state index >= 15 is 0 Å². The van der Waals surface area contributed by atoms with Gasteiger partial charge in [0.2, 0.25) is 0 Å². The van der Waals surface area contributed by atoms with Gasteiger partial charge in [0.15, 0.2) is 6.61 Å². The summed E-state index contributed by atoms with van der Waals surface area (Å²) in [5.41, 5.74) is 3.91. The first-order chi connectivity index (χ1) is 13.8. The van der Waals surface area contributed by atoms with Crippen LogP contribution in [0.3, 0.4) is 0 Å². The fourth-order valence-electron chi connectivity index (χ4n) is 3.69. The number of benzene rings is 2. The Balaban J connectivity index is 1.89. The maximum absolute atomic E-state index is 8.84. The van der Waals surface area contributed by atoms with E-state index in [1.54, 1.807) is 6.20 Å². The molecule has 4 aromatic rings. The molecular weight excluding hydrogens is 348 g/mol. The molecular formula is C24H22N2O2. The molecule has 0 bridgehead atoms. The average molecular weight is 370 g/mol. The van der Waals surface area contributed by atoms with E-state index in [1.807, 2.05) is 42.5 Å². The molecule has 28 heavy (non-hydrogen) atoms. The van der Waals surface area contributed by atoms with Crippen molar-refractivity contribution in [2.45, 2.75) is 32.6 Å². The standard InChI is InChI=1S/C24H22N2O2/c1-2-3-4-9-19-17-8-5-6-11-21(17)28-24(19)20-12-13-22(27-16-14-25)23-18(20)10-7-15-26-23/h5-8,10-13,15H,2-4,9,16H2,1H3. The number of pyridine rings is 1. The van der Waals surface area contributed by atoms with E-state index in [1.165, 1.54) is 23.8 Å². The number of para-hydroxylation sites is 1. The molecule has 4 heteroatoms. The van der Waals surface area contributed by atoms with Crippen molar-refractivity contribution in [3.63, 3.8) is 0 Å². The third-order valence-corrected chi connectivity index (χ3v) is 5.00. The maximum Gasteiger partial charge on any atom is 0.174 e. The molecule has 0 aliphatic heterocycles. The summed E-state index contributed by atoms with van der Waals surface area (Å²) in [5.74, 6) is 1.52. The van der Waals surface area contributed by atoms with Gasteiger partial charge in [-0.2, -0.15) is 5.26 Å². The molecule has 0 saturated heterocycles. The predicted molar refractivity (Wildman–Crippen MR) is 111 cm³/mol. The van der Waals surface area contributed by atoms with E-state index in [0.717, 1.165) is 40.7 Å². The Morgan fingerprint density at radius 1 is 1.04 bits per heavy atom. The number of furan rings is 1. The summed E-state index contributed by atoms with van der Waals surface area (Å²) >= 11 is 0. The number of ether oxygens (including phenoxy) is 1. The molecule has 0 atom stereocenters. The highest BCUT2D eigenvalue weighted by atomic mass is 16.5. The molecule has 0 aliphatic rings. The molecule has 0 N–H and O–H groups in total. The number of nitrogens with zero attached hydrogens (tertiary/aromatic N) is 2. The highest BCUT2D eigenvalue weighted by Gasteiger charge is 2.19. The molecule has 0 saturated carbocycles. The topological polar surface area (TPSA) is 59.0 Å². The summed E-state index contributed by atoms with van der Waals surface area (Å²) in [6.07, 6.45) is 6.23. The Morgan fingerprint density at radius 2 is 1.89 bits per heavy atom. The number of rotatable bonds is 7. The first-order valence-corrected chi connectivity index (χ1v) is 9.71. The zero-order valence-electron chi connectivity index (χ0n) is 15.9. The molecule has 2 heterocycles. The molecule has 0 spiro atoms. The minimum absolute atomic E-state index is 0.00206. The van der Waals surface area contributed by atoms with Gasteiger partial charge in [0.1, 0.15) is 28.7 Å². The third-order valence-electron chi connectivity index (χ3n) is 5.00. The number of aryl methyl sites for hydroxylation is 1. The number of unbranched alkanes of at least 4 members (excludes halogenated alkanes) is 2. The van der Waals surface area contributed by atoms with Gasteiger partial charge in [-0.3, -0.25) is 4.98 Å². The van der Waals surface area contributed by atoms with Crippen LogP contribution in [-0.4, -0.2) is 11.6 Å². The Kier molecular flexibility index (Phi) is 5.25. The van der Waals surface area contributed by atoms with Gasteiger partial charge < -0.3 is 9.15 Å². The van der Waals surface area contributed by atoms with Crippen LogP contribution in [0.4, 0.5) is 0 Å². The smallest absolute Gasteiger partial charge is 0.174 e. The van der Waals surface area contributed by atoms with Crippen molar-refractivity contribution in [1.29, 1.82) is 5.26 Å². The van der Waals surface area contributed by atoms with Crippen LogP contribution in [0, 0.1) is 11.3 Å². The molecule has 0 fully saturated rings. The molecule has 0 radical (unpaired) electrons. The van der Waals surface area contributed by atoms with E-state index in [4.69, 9.17) is 14.4 Å². The quantitative estimate of drug-likeness (QED) is 0.359. The Hall–Kier alpha value is -3.32.